The lowest BCUT2D eigenvalue weighted by Crippen LogP contribution is -2.54. The van der Waals surface area contributed by atoms with Crippen LogP contribution < -0.4 is 5.32 Å². The average molecular weight is 651 g/mol. The Hall–Kier alpha value is -4.16. The molecule has 2 aliphatic heterocycles. The van der Waals surface area contributed by atoms with E-state index < -0.39 is 59.4 Å². The molecule has 2 aliphatic rings. The van der Waals surface area contributed by atoms with Gasteiger partial charge >= 0.3 is 18.1 Å². The number of halogens is 3. The van der Waals surface area contributed by atoms with Crippen molar-refractivity contribution in [3.8, 4) is 0 Å². The van der Waals surface area contributed by atoms with Gasteiger partial charge in [-0.25, -0.2) is 0 Å². The number of ether oxygens (including phenoxy) is 2. The number of carbonyl (C=O) groups is 4. The largest absolute Gasteiger partial charge is 0.449 e. The third kappa shape index (κ3) is 11.6. The average Bonchev–Trinajstić information content (AvgIpc) is 3.36. The number of amides is 2. The van der Waals surface area contributed by atoms with Crippen molar-refractivity contribution in [2.75, 3.05) is 32.7 Å². The Morgan fingerprint density at radius 3 is 2.35 bits per heavy atom. The number of rotatable bonds is 12. The van der Waals surface area contributed by atoms with Crippen molar-refractivity contribution in [2.45, 2.75) is 78.8 Å². The van der Waals surface area contributed by atoms with Gasteiger partial charge in [-0.15, -0.1) is 0 Å². The van der Waals surface area contributed by atoms with E-state index >= 15 is 0 Å². The fourth-order valence-corrected chi connectivity index (χ4v) is 4.90. The van der Waals surface area contributed by atoms with Crippen molar-refractivity contribution in [1.82, 2.24) is 15.1 Å². The summed E-state index contributed by atoms with van der Waals surface area (Å²) in [5.74, 6) is -4.25. The van der Waals surface area contributed by atoms with Crippen molar-refractivity contribution >= 4 is 29.6 Å². The molecule has 3 atom stereocenters. The molecule has 0 aromatic carbocycles. The van der Waals surface area contributed by atoms with Gasteiger partial charge in [-0.3, -0.25) is 24.2 Å². The van der Waals surface area contributed by atoms with E-state index in [2.05, 4.69) is 16.9 Å². The number of amidine groups is 1. The first-order chi connectivity index (χ1) is 21.5. The molecule has 2 amide bonds. The Morgan fingerprint density at radius 1 is 1.09 bits per heavy atom. The number of carbonyl (C=O) groups excluding carboxylic acids is 4. The van der Waals surface area contributed by atoms with E-state index in [1.165, 1.54) is 9.80 Å². The second-order valence-electron chi connectivity index (χ2n) is 11.9. The molecule has 46 heavy (non-hydrogen) atoms. The fourth-order valence-electron chi connectivity index (χ4n) is 4.90. The van der Waals surface area contributed by atoms with E-state index in [0.717, 1.165) is 19.4 Å². The summed E-state index contributed by atoms with van der Waals surface area (Å²) in [6, 6.07) is -0.568. The Labute approximate surface area is 268 Å². The van der Waals surface area contributed by atoms with E-state index in [1.54, 1.807) is 43.4 Å². The van der Waals surface area contributed by atoms with Crippen molar-refractivity contribution in [2.24, 2.45) is 10.4 Å². The van der Waals surface area contributed by atoms with E-state index in [4.69, 9.17) is 9.47 Å². The van der Waals surface area contributed by atoms with Gasteiger partial charge in [0.2, 0.25) is 18.0 Å². The zero-order valence-corrected chi connectivity index (χ0v) is 27.4. The van der Waals surface area contributed by atoms with Gasteiger partial charge in [0.1, 0.15) is 0 Å². The number of nitrogens with one attached hydrogen (secondary N) is 1. The molecule has 0 bridgehead atoms. The minimum Gasteiger partial charge on any atom is -0.448 e. The van der Waals surface area contributed by atoms with Crippen molar-refractivity contribution in [3.63, 3.8) is 0 Å². The zero-order valence-electron chi connectivity index (χ0n) is 27.4. The molecule has 0 aromatic heterocycles. The van der Waals surface area contributed by atoms with Crippen molar-refractivity contribution < 1.29 is 41.8 Å². The third-order valence-corrected chi connectivity index (χ3v) is 7.49. The summed E-state index contributed by atoms with van der Waals surface area (Å²) < 4.78 is 52.2. The molecular weight excluding hydrogens is 605 g/mol. The van der Waals surface area contributed by atoms with Gasteiger partial charge in [0, 0.05) is 46.1 Å². The van der Waals surface area contributed by atoms with Crippen LogP contribution in [0.3, 0.4) is 0 Å². The van der Waals surface area contributed by atoms with E-state index in [-0.39, 0.29) is 32.7 Å². The molecule has 2 rings (SSSR count). The number of hydrogen-bond acceptors (Lipinski definition) is 8. The predicted octanol–water partition coefficient (Wildman–Crippen LogP) is 4.45. The molecule has 0 saturated carbocycles. The number of nitrogens with zero attached hydrogens (tertiary/aromatic N) is 3. The number of esters is 2. The first kappa shape index (κ1) is 38.0. The summed E-state index contributed by atoms with van der Waals surface area (Å²) in [7, 11) is 0. The van der Waals surface area contributed by atoms with Crippen LogP contribution in [0.1, 0.15) is 54.4 Å². The van der Waals surface area contributed by atoms with E-state index in [9.17, 15) is 32.3 Å². The van der Waals surface area contributed by atoms with Crippen LogP contribution in [0.25, 0.3) is 0 Å². The van der Waals surface area contributed by atoms with Gasteiger partial charge in [0.25, 0.3) is 11.8 Å². The second kappa shape index (κ2) is 17.0. The predicted molar refractivity (Wildman–Crippen MR) is 169 cm³/mol. The van der Waals surface area contributed by atoms with E-state index in [1.807, 2.05) is 26.8 Å². The molecule has 0 aliphatic carbocycles. The third-order valence-electron chi connectivity index (χ3n) is 7.49. The molecule has 1 N–H and O–H groups in total. The Morgan fingerprint density at radius 2 is 1.74 bits per heavy atom. The zero-order chi connectivity index (χ0) is 34.7. The first-order valence-corrected chi connectivity index (χ1v) is 15.1. The Balaban J connectivity index is 2.15. The van der Waals surface area contributed by atoms with Gasteiger partial charge in [0.15, 0.2) is 0 Å². The van der Waals surface area contributed by atoms with Crippen LogP contribution in [0.2, 0.25) is 0 Å². The highest BCUT2D eigenvalue weighted by atomic mass is 19.4. The molecule has 2 heterocycles. The van der Waals surface area contributed by atoms with Crippen LogP contribution in [0.5, 0.6) is 0 Å². The van der Waals surface area contributed by atoms with Crippen LogP contribution >= 0.6 is 0 Å². The molecule has 1 fully saturated rings. The van der Waals surface area contributed by atoms with Crippen LogP contribution in [-0.4, -0.2) is 96.5 Å². The van der Waals surface area contributed by atoms with Gasteiger partial charge < -0.3 is 24.6 Å². The Kier molecular flexibility index (Phi) is 14.0. The minimum atomic E-state index is -4.63. The molecular formula is C33H45F3N4O6. The van der Waals surface area contributed by atoms with Gasteiger partial charge in [-0.05, 0) is 43.3 Å². The van der Waals surface area contributed by atoms with Gasteiger partial charge in [-0.2, -0.15) is 13.2 Å². The lowest BCUT2D eigenvalue weighted by Gasteiger charge is -2.35. The normalized spacial score (nSPS) is 21.2. The number of likely N-dealkylation sites (tertiary alicyclic amines) is 1. The highest BCUT2D eigenvalue weighted by Crippen LogP contribution is 2.29. The quantitative estimate of drug-likeness (QED) is 0.310. The molecule has 1 saturated heterocycles. The number of allylic oxidation sites excluding steroid dienone is 5. The summed E-state index contributed by atoms with van der Waals surface area (Å²) in [5, 5.41) is 2.64. The minimum absolute atomic E-state index is 0.0426. The number of aliphatic imine (C=N–C) groups is 1. The Bertz CT molecular complexity index is 1300. The fraction of sp³-hybridized carbons (Fsp3) is 0.545. The second-order valence-corrected chi connectivity index (χ2v) is 11.9. The first-order valence-electron chi connectivity index (χ1n) is 15.1. The summed E-state index contributed by atoms with van der Waals surface area (Å²) in [4.78, 5) is 57.2. The number of hydrogen-bond donors (Lipinski definition) is 1. The monoisotopic (exact) mass is 650 g/mol. The van der Waals surface area contributed by atoms with Crippen LogP contribution in [0.15, 0.2) is 65.2 Å². The summed E-state index contributed by atoms with van der Waals surface area (Å²) in [6.07, 6.45) is 4.50. The highest BCUT2D eigenvalue weighted by molar-refractivity contribution is 5.94. The molecule has 13 heteroatoms. The lowest BCUT2D eigenvalue weighted by molar-refractivity contribution is -0.177. The van der Waals surface area contributed by atoms with Gasteiger partial charge in [0.05, 0.1) is 6.54 Å². The standard InChI is InChI=1S/C33H45F3N4O6/c1-8-9-14-26-21-39(20-22(26)2)30(44)28(46-25(5)42)27(45-24(4)41)29(43)37-18-15-32(6,7)16-19-40-23(3)13-11-10-12-17-38-31(40)33(34,35)36/h8-14,23,27-28H,2,15-21H2,1,3-7H3,(H,37,43)/b9-8-,12-10-,13-11-,26-14-,38-31?/t23?,27-,28-/m1/s1. The molecule has 0 radical (unpaired) electrons. The SMILES string of the molecule is C=C1CN(C(=O)[C@H](OC(C)=O)[C@@H](OC(C)=O)C(=O)NCCC(C)(C)CCN2C(C(F)(F)F)=NC/C=C\C=C/C2C)C/C1=C/C=C\C. The van der Waals surface area contributed by atoms with Gasteiger partial charge in [-0.1, -0.05) is 63.0 Å². The lowest BCUT2D eigenvalue weighted by atomic mass is 9.85. The summed E-state index contributed by atoms with van der Waals surface area (Å²) in [6.45, 7) is 13.6. The topological polar surface area (TPSA) is 118 Å². The van der Waals surface area contributed by atoms with E-state index in [0.29, 0.717) is 18.4 Å². The maximum atomic E-state index is 13.9. The molecule has 10 nitrogen and oxygen atoms in total. The number of alkyl halides is 3. The van der Waals surface area contributed by atoms with Crippen molar-refractivity contribution in [1.29, 1.82) is 0 Å². The summed E-state index contributed by atoms with van der Waals surface area (Å²) in [5.41, 5.74) is 0.911. The maximum Gasteiger partial charge on any atom is 0.449 e. The maximum absolute atomic E-state index is 13.9. The highest BCUT2D eigenvalue weighted by Gasteiger charge is 2.43. The summed E-state index contributed by atoms with van der Waals surface area (Å²) >= 11 is 0. The molecule has 254 valence electrons. The molecule has 0 spiro atoms. The molecule has 0 aromatic rings. The van der Waals surface area contributed by atoms with Crippen LogP contribution in [0.4, 0.5) is 13.2 Å². The van der Waals surface area contributed by atoms with Crippen LogP contribution in [-0.2, 0) is 28.7 Å². The molecule has 1 unspecified atom stereocenters. The smallest absolute Gasteiger partial charge is 0.448 e. The van der Waals surface area contributed by atoms with Crippen molar-refractivity contribution in [3.05, 3.63) is 60.3 Å². The van der Waals surface area contributed by atoms with Crippen LogP contribution in [0, 0.1) is 5.41 Å².